The zero-order chi connectivity index (χ0) is 16.2. The van der Waals surface area contributed by atoms with Crippen molar-refractivity contribution in [2.24, 2.45) is 4.99 Å². The number of aliphatic hydroxyl groups excluding tert-OH is 1. The first kappa shape index (κ1) is 15.8. The molecule has 3 rings (SSSR count). The second-order valence-corrected chi connectivity index (χ2v) is 6.17. The van der Waals surface area contributed by atoms with Crippen LogP contribution >= 0.6 is 11.8 Å². The van der Waals surface area contributed by atoms with Crippen molar-refractivity contribution in [1.82, 2.24) is 10.3 Å². The Kier molecular flexibility index (Phi) is 4.78. The molecule has 2 aromatic rings. The summed E-state index contributed by atoms with van der Waals surface area (Å²) in [5.74, 6) is 0.472. The average Bonchev–Trinajstić information content (AvgIpc) is 3.05. The summed E-state index contributed by atoms with van der Waals surface area (Å²) in [7, 11) is 0. The molecular formula is C16H17N3O3S. The summed E-state index contributed by atoms with van der Waals surface area (Å²) in [6.07, 6.45) is 3.33. The first-order valence-corrected chi connectivity index (χ1v) is 8.21. The van der Waals surface area contributed by atoms with Gasteiger partial charge in [-0.05, 0) is 48.4 Å². The van der Waals surface area contributed by atoms with E-state index in [1.807, 2.05) is 24.3 Å². The molecule has 0 bridgehead atoms. The molecular weight excluding hydrogens is 314 g/mol. The summed E-state index contributed by atoms with van der Waals surface area (Å²) < 4.78 is 5.51. The zero-order valence-electron chi connectivity index (χ0n) is 12.7. The lowest BCUT2D eigenvalue weighted by atomic mass is 10.2. The molecule has 1 fully saturated rings. The molecule has 0 saturated carbocycles. The van der Waals surface area contributed by atoms with Crippen LogP contribution in [0.25, 0.3) is 17.2 Å². The Balaban J connectivity index is 1.74. The fraction of sp³-hybridized carbons (Fsp3) is 0.312. The number of aromatic nitrogens is 1. The average molecular weight is 331 g/mol. The lowest BCUT2D eigenvalue weighted by molar-refractivity contribution is -0.115. The number of carbonyl (C=O) groups is 1. The molecule has 1 aromatic heterocycles. The number of unbranched alkanes of at least 4 members (excludes halogenated alkanes) is 1. The SMILES string of the molecule is Cc1nc2ccc(C=C3SC(=NCCCCO)NC3=O)cc2o1. The Bertz CT molecular complexity index is 795. The number of aryl methyl sites for hydroxylation is 1. The van der Waals surface area contributed by atoms with Crippen LogP contribution in [0.1, 0.15) is 24.3 Å². The number of aliphatic imine (C=N–C) groups is 1. The number of carbonyl (C=O) groups excluding carboxylic acids is 1. The Labute approximate surface area is 137 Å². The van der Waals surface area contributed by atoms with E-state index < -0.39 is 0 Å². The number of oxazole rings is 1. The van der Waals surface area contributed by atoms with Gasteiger partial charge in [0.2, 0.25) is 0 Å². The highest BCUT2D eigenvalue weighted by Gasteiger charge is 2.23. The molecule has 7 heteroatoms. The van der Waals surface area contributed by atoms with E-state index in [0.717, 1.165) is 17.5 Å². The van der Waals surface area contributed by atoms with Crippen LogP contribution in [-0.2, 0) is 4.79 Å². The van der Waals surface area contributed by atoms with Gasteiger partial charge in [0.15, 0.2) is 16.6 Å². The molecule has 0 spiro atoms. The van der Waals surface area contributed by atoms with Gasteiger partial charge in [-0.15, -0.1) is 0 Å². The van der Waals surface area contributed by atoms with Crippen LogP contribution in [0.4, 0.5) is 0 Å². The Hall–Kier alpha value is -2.12. The van der Waals surface area contributed by atoms with Gasteiger partial charge in [-0.1, -0.05) is 6.07 Å². The standard InChI is InChI=1S/C16H17N3O3S/c1-10-18-12-5-4-11(8-13(12)22-10)9-14-15(21)19-16(23-14)17-6-2-3-7-20/h4-5,8-9,20H,2-3,6-7H2,1H3,(H,17,19,21). The number of benzene rings is 1. The summed E-state index contributed by atoms with van der Waals surface area (Å²) in [5, 5.41) is 12.1. The number of amides is 1. The quantitative estimate of drug-likeness (QED) is 0.649. The van der Waals surface area contributed by atoms with Crippen LogP contribution in [0.2, 0.25) is 0 Å². The molecule has 0 aliphatic carbocycles. The summed E-state index contributed by atoms with van der Waals surface area (Å²) >= 11 is 1.32. The third-order valence-corrected chi connectivity index (χ3v) is 4.24. The van der Waals surface area contributed by atoms with Crippen molar-refractivity contribution < 1.29 is 14.3 Å². The molecule has 1 aliphatic rings. The zero-order valence-corrected chi connectivity index (χ0v) is 13.5. The van der Waals surface area contributed by atoms with Gasteiger partial charge in [0.1, 0.15) is 5.52 Å². The van der Waals surface area contributed by atoms with Crippen LogP contribution in [0.3, 0.4) is 0 Å². The predicted octanol–water partition coefficient (Wildman–Crippen LogP) is 2.47. The van der Waals surface area contributed by atoms with Gasteiger partial charge < -0.3 is 14.8 Å². The van der Waals surface area contributed by atoms with Crippen LogP contribution < -0.4 is 5.32 Å². The van der Waals surface area contributed by atoms with Crippen LogP contribution in [0, 0.1) is 6.92 Å². The highest BCUT2D eigenvalue weighted by Crippen LogP contribution is 2.27. The predicted molar refractivity (Wildman–Crippen MR) is 91.1 cm³/mol. The summed E-state index contributed by atoms with van der Waals surface area (Å²) in [6.45, 7) is 2.57. The van der Waals surface area contributed by atoms with E-state index in [2.05, 4.69) is 15.3 Å². The molecule has 1 aromatic carbocycles. The minimum atomic E-state index is -0.148. The number of hydrogen-bond acceptors (Lipinski definition) is 6. The van der Waals surface area contributed by atoms with Crippen LogP contribution in [-0.4, -0.2) is 34.3 Å². The maximum absolute atomic E-state index is 12.0. The molecule has 0 radical (unpaired) electrons. The molecule has 1 amide bonds. The first-order chi connectivity index (χ1) is 11.2. The van der Waals surface area contributed by atoms with Crippen molar-refractivity contribution in [3.05, 3.63) is 34.6 Å². The second-order valence-electron chi connectivity index (χ2n) is 5.14. The van der Waals surface area contributed by atoms with Gasteiger partial charge >= 0.3 is 0 Å². The second kappa shape index (κ2) is 6.97. The van der Waals surface area contributed by atoms with E-state index in [9.17, 15) is 4.79 Å². The minimum Gasteiger partial charge on any atom is -0.441 e. The number of aliphatic hydroxyl groups is 1. The monoisotopic (exact) mass is 331 g/mol. The number of fused-ring (bicyclic) bond motifs is 1. The number of nitrogens with zero attached hydrogens (tertiary/aromatic N) is 2. The third-order valence-electron chi connectivity index (χ3n) is 3.29. The van der Waals surface area contributed by atoms with Gasteiger partial charge in [0.05, 0.1) is 4.91 Å². The summed E-state index contributed by atoms with van der Waals surface area (Å²) in [5.41, 5.74) is 2.39. The molecule has 0 atom stereocenters. The largest absolute Gasteiger partial charge is 0.441 e. The lowest BCUT2D eigenvalue weighted by Crippen LogP contribution is -2.19. The highest BCUT2D eigenvalue weighted by molar-refractivity contribution is 8.18. The Morgan fingerprint density at radius 3 is 3.13 bits per heavy atom. The van der Waals surface area contributed by atoms with Gasteiger partial charge in [-0.3, -0.25) is 9.79 Å². The van der Waals surface area contributed by atoms with E-state index >= 15 is 0 Å². The van der Waals surface area contributed by atoms with E-state index in [0.29, 0.717) is 34.5 Å². The van der Waals surface area contributed by atoms with E-state index in [1.54, 1.807) is 6.92 Å². The van der Waals surface area contributed by atoms with Gasteiger partial charge in [-0.25, -0.2) is 4.98 Å². The normalized spacial score (nSPS) is 18.3. The van der Waals surface area contributed by atoms with Gasteiger partial charge in [0, 0.05) is 20.1 Å². The number of thioether (sulfide) groups is 1. The number of hydrogen-bond donors (Lipinski definition) is 2. The summed E-state index contributed by atoms with van der Waals surface area (Å²) in [6, 6.07) is 5.65. The lowest BCUT2D eigenvalue weighted by Gasteiger charge is -1.95. The van der Waals surface area contributed by atoms with Crippen LogP contribution in [0.15, 0.2) is 32.5 Å². The molecule has 2 N–H and O–H groups in total. The van der Waals surface area contributed by atoms with Crippen molar-refractivity contribution in [3.8, 4) is 0 Å². The molecule has 6 nitrogen and oxygen atoms in total. The maximum atomic E-state index is 12.0. The van der Waals surface area contributed by atoms with Crippen molar-refractivity contribution in [1.29, 1.82) is 0 Å². The minimum absolute atomic E-state index is 0.148. The Morgan fingerprint density at radius 2 is 2.30 bits per heavy atom. The number of nitrogens with one attached hydrogen (secondary N) is 1. The fourth-order valence-corrected chi connectivity index (χ4v) is 3.05. The van der Waals surface area contributed by atoms with E-state index in [1.165, 1.54) is 11.8 Å². The maximum Gasteiger partial charge on any atom is 0.264 e. The van der Waals surface area contributed by atoms with Crippen molar-refractivity contribution in [2.75, 3.05) is 13.2 Å². The molecule has 2 heterocycles. The number of rotatable bonds is 5. The van der Waals surface area contributed by atoms with Gasteiger partial charge in [0.25, 0.3) is 5.91 Å². The first-order valence-electron chi connectivity index (χ1n) is 7.39. The van der Waals surface area contributed by atoms with E-state index in [-0.39, 0.29) is 12.5 Å². The Morgan fingerprint density at radius 1 is 1.43 bits per heavy atom. The summed E-state index contributed by atoms with van der Waals surface area (Å²) in [4.78, 5) is 21.2. The molecule has 1 saturated heterocycles. The van der Waals surface area contributed by atoms with Gasteiger partial charge in [-0.2, -0.15) is 0 Å². The fourth-order valence-electron chi connectivity index (χ4n) is 2.20. The van der Waals surface area contributed by atoms with Crippen LogP contribution in [0.5, 0.6) is 0 Å². The topological polar surface area (TPSA) is 87.7 Å². The van der Waals surface area contributed by atoms with Crippen molar-refractivity contribution in [3.63, 3.8) is 0 Å². The highest BCUT2D eigenvalue weighted by atomic mass is 32.2. The van der Waals surface area contributed by atoms with E-state index in [4.69, 9.17) is 9.52 Å². The molecule has 1 aliphatic heterocycles. The van der Waals surface area contributed by atoms with Crippen molar-refractivity contribution >= 4 is 40.0 Å². The third kappa shape index (κ3) is 3.80. The molecule has 23 heavy (non-hydrogen) atoms. The molecule has 120 valence electrons. The van der Waals surface area contributed by atoms with Crippen molar-refractivity contribution in [2.45, 2.75) is 19.8 Å². The number of amidine groups is 1. The smallest absolute Gasteiger partial charge is 0.264 e. The molecule has 0 unspecified atom stereocenters.